The van der Waals surface area contributed by atoms with E-state index >= 15 is 0 Å². The molecule has 1 aliphatic rings. The summed E-state index contributed by atoms with van der Waals surface area (Å²) < 4.78 is 5.29. The number of hydrogen-bond acceptors (Lipinski definition) is 2. The van der Waals surface area contributed by atoms with Crippen molar-refractivity contribution >= 4 is 10.8 Å². The molecule has 0 aromatic heterocycles. The lowest BCUT2D eigenvalue weighted by molar-refractivity contribution is 0.158. The number of aliphatic hydroxyl groups excluding tert-OH is 1. The standard InChI is InChI=1S/C17H20O2/c1-19-16-8-7-13-3-2-4-14(17(13)11-16)10-15(18)9-12-5-6-12/h2-4,7-8,11-12,15,18H,5-6,9-10H2,1H3. The van der Waals surface area contributed by atoms with Crippen molar-refractivity contribution in [1.82, 2.24) is 0 Å². The Morgan fingerprint density at radius 1 is 1.26 bits per heavy atom. The molecular weight excluding hydrogens is 236 g/mol. The smallest absolute Gasteiger partial charge is 0.119 e. The molecule has 2 aromatic rings. The van der Waals surface area contributed by atoms with Gasteiger partial charge >= 0.3 is 0 Å². The monoisotopic (exact) mass is 256 g/mol. The predicted molar refractivity (Wildman–Crippen MR) is 77.6 cm³/mol. The van der Waals surface area contributed by atoms with Gasteiger partial charge in [0.15, 0.2) is 0 Å². The number of aliphatic hydroxyl groups is 1. The van der Waals surface area contributed by atoms with Crippen LogP contribution in [0.25, 0.3) is 10.8 Å². The lowest BCUT2D eigenvalue weighted by Crippen LogP contribution is -2.11. The Kier molecular flexibility index (Phi) is 3.43. The SMILES string of the molecule is COc1ccc2cccc(CC(O)CC3CC3)c2c1. The Morgan fingerprint density at radius 2 is 2.11 bits per heavy atom. The highest BCUT2D eigenvalue weighted by Crippen LogP contribution is 2.34. The summed E-state index contributed by atoms with van der Waals surface area (Å²) in [7, 11) is 1.69. The third kappa shape index (κ3) is 2.90. The van der Waals surface area contributed by atoms with Crippen molar-refractivity contribution in [1.29, 1.82) is 0 Å². The molecule has 0 spiro atoms. The Hall–Kier alpha value is -1.54. The summed E-state index contributed by atoms with van der Waals surface area (Å²) in [5, 5.41) is 12.6. The van der Waals surface area contributed by atoms with Crippen LogP contribution < -0.4 is 4.74 Å². The molecule has 100 valence electrons. The van der Waals surface area contributed by atoms with Crippen molar-refractivity contribution < 1.29 is 9.84 Å². The van der Waals surface area contributed by atoms with Crippen molar-refractivity contribution in [3.05, 3.63) is 42.0 Å². The fourth-order valence-corrected chi connectivity index (χ4v) is 2.70. The van der Waals surface area contributed by atoms with Crippen LogP contribution in [0.15, 0.2) is 36.4 Å². The molecule has 1 fully saturated rings. The minimum atomic E-state index is -0.218. The summed E-state index contributed by atoms with van der Waals surface area (Å²) in [6, 6.07) is 12.4. The molecule has 2 nitrogen and oxygen atoms in total. The fourth-order valence-electron chi connectivity index (χ4n) is 2.70. The van der Waals surface area contributed by atoms with E-state index in [0.29, 0.717) is 0 Å². The van der Waals surface area contributed by atoms with Crippen LogP contribution in [0, 0.1) is 5.92 Å². The Labute approximate surface area is 114 Å². The van der Waals surface area contributed by atoms with Crippen LogP contribution in [0.1, 0.15) is 24.8 Å². The van der Waals surface area contributed by atoms with E-state index in [1.54, 1.807) is 7.11 Å². The molecule has 0 saturated heterocycles. The molecule has 0 radical (unpaired) electrons. The molecule has 2 heteroatoms. The molecule has 1 aliphatic carbocycles. The number of ether oxygens (including phenoxy) is 1. The van der Waals surface area contributed by atoms with Crippen LogP contribution in [-0.4, -0.2) is 18.3 Å². The predicted octanol–water partition coefficient (Wildman–Crippen LogP) is 3.55. The van der Waals surface area contributed by atoms with Crippen LogP contribution >= 0.6 is 0 Å². The lowest BCUT2D eigenvalue weighted by Gasteiger charge is -2.13. The zero-order chi connectivity index (χ0) is 13.2. The third-order valence-corrected chi connectivity index (χ3v) is 3.94. The lowest BCUT2D eigenvalue weighted by atomic mass is 9.97. The Balaban J connectivity index is 1.88. The van der Waals surface area contributed by atoms with Crippen LogP contribution in [0.3, 0.4) is 0 Å². The highest BCUT2D eigenvalue weighted by atomic mass is 16.5. The zero-order valence-corrected chi connectivity index (χ0v) is 11.3. The maximum Gasteiger partial charge on any atom is 0.119 e. The zero-order valence-electron chi connectivity index (χ0n) is 11.3. The fraction of sp³-hybridized carbons (Fsp3) is 0.412. The van der Waals surface area contributed by atoms with Crippen LogP contribution in [-0.2, 0) is 6.42 Å². The quantitative estimate of drug-likeness (QED) is 0.886. The van der Waals surface area contributed by atoms with Crippen LogP contribution in [0.4, 0.5) is 0 Å². The van der Waals surface area contributed by atoms with E-state index in [4.69, 9.17) is 4.74 Å². The molecule has 19 heavy (non-hydrogen) atoms. The van der Waals surface area contributed by atoms with E-state index in [-0.39, 0.29) is 6.10 Å². The molecule has 1 unspecified atom stereocenters. The second kappa shape index (κ2) is 5.22. The summed E-state index contributed by atoms with van der Waals surface area (Å²) in [5.74, 6) is 1.64. The summed E-state index contributed by atoms with van der Waals surface area (Å²) in [4.78, 5) is 0. The molecule has 0 amide bonds. The molecule has 1 atom stereocenters. The van der Waals surface area contributed by atoms with Gasteiger partial charge in [0, 0.05) is 0 Å². The van der Waals surface area contributed by atoms with E-state index in [0.717, 1.165) is 24.5 Å². The number of methoxy groups -OCH3 is 1. The van der Waals surface area contributed by atoms with Crippen molar-refractivity contribution in [3.8, 4) is 5.75 Å². The first-order valence-corrected chi connectivity index (χ1v) is 7.00. The number of rotatable bonds is 5. The maximum atomic E-state index is 10.2. The van der Waals surface area contributed by atoms with Gasteiger partial charge in [-0.1, -0.05) is 37.1 Å². The summed E-state index contributed by atoms with van der Waals surface area (Å²) in [5.41, 5.74) is 1.21. The van der Waals surface area contributed by atoms with Gasteiger partial charge in [-0.05, 0) is 47.2 Å². The van der Waals surface area contributed by atoms with Gasteiger partial charge in [0.2, 0.25) is 0 Å². The average molecular weight is 256 g/mol. The van der Waals surface area contributed by atoms with Gasteiger partial charge in [0.25, 0.3) is 0 Å². The number of fused-ring (bicyclic) bond motifs is 1. The van der Waals surface area contributed by atoms with Crippen LogP contribution in [0.2, 0.25) is 0 Å². The van der Waals surface area contributed by atoms with Crippen molar-refractivity contribution in [2.24, 2.45) is 5.92 Å². The highest BCUT2D eigenvalue weighted by molar-refractivity contribution is 5.87. The molecule has 1 N–H and O–H groups in total. The van der Waals surface area contributed by atoms with Gasteiger partial charge in [-0.3, -0.25) is 0 Å². The van der Waals surface area contributed by atoms with Gasteiger partial charge < -0.3 is 9.84 Å². The van der Waals surface area contributed by atoms with Crippen molar-refractivity contribution in [2.75, 3.05) is 7.11 Å². The Morgan fingerprint density at radius 3 is 2.84 bits per heavy atom. The number of hydrogen-bond donors (Lipinski definition) is 1. The molecule has 0 heterocycles. The van der Waals surface area contributed by atoms with Gasteiger partial charge in [-0.25, -0.2) is 0 Å². The van der Waals surface area contributed by atoms with E-state index in [1.807, 2.05) is 6.07 Å². The van der Waals surface area contributed by atoms with Gasteiger partial charge in [-0.15, -0.1) is 0 Å². The minimum absolute atomic E-state index is 0.218. The van der Waals surface area contributed by atoms with Crippen molar-refractivity contribution in [2.45, 2.75) is 31.8 Å². The second-order valence-electron chi connectivity index (χ2n) is 5.54. The highest BCUT2D eigenvalue weighted by Gasteiger charge is 2.24. The molecule has 3 rings (SSSR count). The largest absolute Gasteiger partial charge is 0.497 e. The maximum absolute atomic E-state index is 10.2. The molecular formula is C17H20O2. The van der Waals surface area contributed by atoms with E-state index < -0.39 is 0 Å². The van der Waals surface area contributed by atoms with Gasteiger partial charge in [0.1, 0.15) is 5.75 Å². The third-order valence-electron chi connectivity index (χ3n) is 3.94. The first-order chi connectivity index (χ1) is 9.26. The minimum Gasteiger partial charge on any atom is -0.497 e. The molecule has 2 aromatic carbocycles. The van der Waals surface area contributed by atoms with E-state index in [2.05, 4.69) is 30.3 Å². The first kappa shape index (κ1) is 12.5. The average Bonchev–Trinajstić information content (AvgIpc) is 3.22. The van der Waals surface area contributed by atoms with Gasteiger partial charge in [-0.2, -0.15) is 0 Å². The summed E-state index contributed by atoms with van der Waals surface area (Å²) >= 11 is 0. The molecule has 0 bridgehead atoms. The van der Waals surface area contributed by atoms with E-state index in [1.165, 1.54) is 29.2 Å². The second-order valence-corrected chi connectivity index (χ2v) is 5.54. The van der Waals surface area contributed by atoms with Gasteiger partial charge in [0.05, 0.1) is 13.2 Å². The van der Waals surface area contributed by atoms with Crippen LogP contribution in [0.5, 0.6) is 5.75 Å². The summed E-state index contributed by atoms with van der Waals surface area (Å²) in [6.45, 7) is 0. The van der Waals surface area contributed by atoms with Crippen molar-refractivity contribution in [3.63, 3.8) is 0 Å². The number of benzene rings is 2. The normalized spacial score (nSPS) is 16.5. The molecule has 1 saturated carbocycles. The first-order valence-electron chi connectivity index (χ1n) is 7.00. The molecule has 0 aliphatic heterocycles. The summed E-state index contributed by atoms with van der Waals surface area (Å²) in [6.07, 6.45) is 4.05. The Bertz CT molecular complexity index is 572. The topological polar surface area (TPSA) is 29.5 Å². The van der Waals surface area contributed by atoms with E-state index in [9.17, 15) is 5.11 Å².